The van der Waals surface area contributed by atoms with E-state index in [1.165, 1.54) is 0 Å². The van der Waals surface area contributed by atoms with E-state index < -0.39 is 10.0 Å². The molecule has 0 radical (unpaired) electrons. The molecule has 0 amide bonds. The van der Waals surface area contributed by atoms with Crippen molar-refractivity contribution in [1.29, 1.82) is 0 Å². The van der Waals surface area contributed by atoms with Crippen molar-refractivity contribution < 1.29 is 22.7 Å². The summed E-state index contributed by atoms with van der Waals surface area (Å²) in [4.78, 5) is 11.7. The number of ketones is 1. The van der Waals surface area contributed by atoms with Crippen LogP contribution in [0.25, 0.3) is 0 Å². The Labute approximate surface area is 193 Å². The molecule has 0 aliphatic rings. The van der Waals surface area contributed by atoms with Gasteiger partial charge < -0.3 is 9.47 Å². The molecule has 0 fully saturated rings. The van der Waals surface area contributed by atoms with Gasteiger partial charge in [0.25, 0.3) is 0 Å². The molecule has 1 N–H and O–H groups in total. The molecule has 2 rings (SSSR count). The molecule has 9 heteroatoms. The zero-order valence-corrected chi connectivity index (χ0v) is 20.1. The standard InChI is InChI=1S/C22H27Cl2NO5S/c1-22(2,20-10-9-19(13-21(20)24)29-12-4-11-23)16-5-7-18(8-6-16)30-15-17(26)14-25-31(3,27)28/h5-10,13,25H,4,11-12,14-15H2,1-3H3. The van der Waals surface area contributed by atoms with E-state index in [2.05, 4.69) is 18.6 Å². The summed E-state index contributed by atoms with van der Waals surface area (Å²) in [7, 11) is -3.41. The molecule has 0 unspecified atom stereocenters. The van der Waals surface area contributed by atoms with Crippen molar-refractivity contribution in [1.82, 2.24) is 4.72 Å². The fraction of sp³-hybridized carbons (Fsp3) is 0.409. The van der Waals surface area contributed by atoms with Crippen molar-refractivity contribution in [2.75, 3.05) is 31.9 Å². The highest BCUT2D eigenvalue weighted by atomic mass is 35.5. The third-order valence-electron chi connectivity index (χ3n) is 4.67. The van der Waals surface area contributed by atoms with Crippen LogP contribution in [0.3, 0.4) is 0 Å². The second kappa shape index (κ2) is 11.2. The predicted octanol–water partition coefficient (Wildman–Crippen LogP) is 4.17. The summed E-state index contributed by atoms with van der Waals surface area (Å²) in [5.74, 6) is 1.40. The van der Waals surface area contributed by atoms with Gasteiger partial charge in [-0.1, -0.05) is 43.6 Å². The van der Waals surface area contributed by atoms with Gasteiger partial charge in [0.2, 0.25) is 10.0 Å². The first kappa shape index (κ1) is 25.5. The highest BCUT2D eigenvalue weighted by Crippen LogP contribution is 2.38. The Morgan fingerprint density at radius 1 is 1.06 bits per heavy atom. The predicted molar refractivity (Wildman–Crippen MR) is 124 cm³/mol. The number of benzene rings is 2. The molecule has 0 aliphatic carbocycles. The molecule has 31 heavy (non-hydrogen) atoms. The number of alkyl halides is 1. The Morgan fingerprint density at radius 3 is 2.29 bits per heavy atom. The molecule has 170 valence electrons. The first-order valence-corrected chi connectivity index (χ1v) is 12.5. The maximum Gasteiger partial charge on any atom is 0.209 e. The van der Waals surface area contributed by atoms with Crippen LogP contribution in [0.2, 0.25) is 5.02 Å². The lowest BCUT2D eigenvalue weighted by Gasteiger charge is -2.27. The quantitative estimate of drug-likeness (QED) is 0.358. The van der Waals surface area contributed by atoms with Crippen molar-refractivity contribution in [2.24, 2.45) is 0 Å². The third-order valence-corrected chi connectivity index (χ3v) is 5.92. The van der Waals surface area contributed by atoms with Gasteiger partial charge in [0, 0.05) is 16.3 Å². The molecular weight excluding hydrogens is 461 g/mol. The number of carbonyl (C=O) groups is 1. The largest absolute Gasteiger partial charge is 0.494 e. The van der Waals surface area contributed by atoms with E-state index in [9.17, 15) is 13.2 Å². The first-order valence-electron chi connectivity index (χ1n) is 9.71. The van der Waals surface area contributed by atoms with Crippen LogP contribution in [0.5, 0.6) is 11.5 Å². The SMILES string of the molecule is CC(C)(c1ccc(OCC(=O)CNS(C)(=O)=O)cc1)c1ccc(OCCCCl)cc1Cl. The minimum absolute atomic E-state index is 0.220. The summed E-state index contributed by atoms with van der Waals surface area (Å²) < 4.78 is 35.3. The monoisotopic (exact) mass is 487 g/mol. The van der Waals surface area contributed by atoms with Crippen LogP contribution >= 0.6 is 23.2 Å². The van der Waals surface area contributed by atoms with E-state index >= 15 is 0 Å². The second-order valence-corrected chi connectivity index (χ2v) is 10.2. The van der Waals surface area contributed by atoms with E-state index in [-0.39, 0.29) is 24.3 Å². The Morgan fingerprint density at radius 2 is 1.71 bits per heavy atom. The highest BCUT2D eigenvalue weighted by molar-refractivity contribution is 7.88. The van der Waals surface area contributed by atoms with Crippen LogP contribution in [-0.4, -0.2) is 46.1 Å². The first-order chi connectivity index (χ1) is 14.5. The summed E-state index contributed by atoms with van der Waals surface area (Å²) in [6, 6.07) is 13.0. The van der Waals surface area contributed by atoms with Crippen LogP contribution in [0.4, 0.5) is 0 Å². The van der Waals surface area contributed by atoms with Crippen molar-refractivity contribution in [3.05, 3.63) is 58.6 Å². The Kier molecular flexibility index (Phi) is 9.18. The smallest absolute Gasteiger partial charge is 0.209 e. The summed E-state index contributed by atoms with van der Waals surface area (Å²) in [5.41, 5.74) is 1.59. The average molecular weight is 488 g/mol. The molecule has 0 heterocycles. The van der Waals surface area contributed by atoms with Crippen LogP contribution in [0, 0.1) is 0 Å². The maximum absolute atomic E-state index is 11.7. The summed E-state index contributed by atoms with van der Waals surface area (Å²) in [6.45, 7) is 4.16. The van der Waals surface area contributed by atoms with Crippen LogP contribution < -0.4 is 14.2 Å². The van der Waals surface area contributed by atoms with Crippen molar-refractivity contribution in [3.63, 3.8) is 0 Å². The number of nitrogens with one attached hydrogen (secondary N) is 1. The van der Waals surface area contributed by atoms with Crippen LogP contribution in [0.15, 0.2) is 42.5 Å². The number of halogens is 2. The van der Waals surface area contributed by atoms with Crippen LogP contribution in [0.1, 0.15) is 31.4 Å². The van der Waals surface area contributed by atoms with E-state index in [1.54, 1.807) is 18.2 Å². The lowest BCUT2D eigenvalue weighted by atomic mass is 9.78. The number of sulfonamides is 1. The molecule has 2 aromatic rings. The lowest BCUT2D eigenvalue weighted by Crippen LogP contribution is -2.31. The maximum atomic E-state index is 11.7. The van der Waals surface area contributed by atoms with E-state index in [0.717, 1.165) is 23.8 Å². The number of hydrogen-bond acceptors (Lipinski definition) is 5. The molecule has 2 aromatic carbocycles. The fourth-order valence-electron chi connectivity index (χ4n) is 2.89. The number of hydrogen-bond donors (Lipinski definition) is 1. The van der Waals surface area contributed by atoms with Gasteiger partial charge in [-0.3, -0.25) is 4.79 Å². The molecule has 0 aliphatic heterocycles. The van der Waals surface area contributed by atoms with E-state index in [4.69, 9.17) is 32.7 Å². The number of carbonyl (C=O) groups excluding carboxylic acids is 1. The summed E-state index contributed by atoms with van der Waals surface area (Å²) in [5, 5.41) is 0.609. The van der Waals surface area contributed by atoms with Crippen molar-refractivity contribution >= 4 is 39.0 Å². The molecule has 0 saturated carbocycles. The topological polar surface area (TPSA) is 81.7 Å². The summed E-state index contributed by atoms with van der Waals surface area (Å²) in [6.07, 6.45) is 1.76. The van der Waals surface area contributed by atoms with E-state index in [1.807, 2.05) is 24.3 Å². The van der Waals surface area contributed by atoms with Gasteiger partial charge in [-0.05, 0) is 41.8 Å². The molecule has 0 spiro atoms. The van der Waals surface area contributed by atoms with Gasteiger partial charge in [0.05, 0.1) is 19.4 Å². The number of ether oxygens (including phenoxy) is 2. The summed E-state index contributed by atoms with van der Waals surface area (Å²) >= 11 is 12.2. The Bertz CT molecular complexity index is 991. The van der Waals surface area contributed by atoms with Crippen molar-refractivity contribution in [2.45, 2.75) is 25.7 Å². The minimum atomic E-state index is -3.41. The van der Waals surface area contributed by atoms with Gasteiger partial charge in [0.15, 0.2) is 5.78 Å². The molecule has 0 aromatic heterocycles. The van der Waals surface area contributed by atoms with Gasteiger partial charge in [-0.25, -0.2) is 13.1 Å². The zero-order valence-electron chi connectivity index (χ0n) is 17.8. The molecule has 6 nitrogen and oxygen atoms in total. The molecular formula is C22H27Cl2NO5S. The third kappa shape index (κ3) is 8.00. The van der Waals surface area contributed by atoms with Gasteiger partial charge >= 0.3 is 0 Å². The van der Waals surface area contributed by atoms with Crippen molar-refractivity contribution in [3.8, 4) is 11.5 Å². The van der Waals surface area contributed by atoms with Gasteiger partial charge in [0.1, 0.15) is 18.1 Å². The lowest BCUT2D eigenvalue weighted by molar-refractivity contribution is -0.119. The molecule has 0 bridgehead atoms. The van der Waals surface area contributed by atoms with Gasteiger partial charge in [-0.15, -0.1) is 11.6 Å². The number of Topliss-reactive ketones (excluding diaryl/α,β-unsaturated/α-hetero) is 1. The minimum Gasteiger partial charge on any atom is -0.494 e. The van der Waals surface area contributed by atoms with Gasteiger partial charge in [-0.2, -0.15) is 0 Å². The average Bonchev–Trinajstić information content (AvgIpc) is 2.70. The molecule has 0 saturated heterocycles. The normalized spacial score (nSPS) is 11.9. The number of rotatable bonds is 12. The van der Waals surface area contributed by atoms with Crippen LogP contribution in [-0.2, 0) is 20.2 Å². The Hall–Kier alpha value is -1.80. The zero-order chi connectivity index (χ0) is 23.1. The highest BCUT2D eigenvalue weighted by Gasteiger charge is 2.26. The molecule has 0 atom stereocenters. The fourth-order valence-corrected chi connectivity index (χ4v) is 3.83. The second-order valence-electron chi connectivity index (χ2n) is 7.60. The Balaban J connectivity index is 2.03. The van der Waals surface area contributed by atoms with E-state index in [0.29, 0.717) is 29.0 Å².